The average Bonchev–Trinajstić information content (AvgIpc) is 3.53. The molecule has 1 heterocycles. The number of hydrogen-bond donors (Lipinski definition) is 0. The molecule has 2 nitrogen and oxygen atoms in total. The highest BCUT2D eigenvalue weighted by molar-refractivity contribution is 7.70. The van der Waals surface area contributed by atoms with Crippen molar-refractivity contribution in [2.45, 2.75) is 0 Å². The van der Waals surface area contributed by atoms with Gasteiger partial charge in [-0.25, -0.2) is 0 Å². The highest BCUT2D eigenvalue weighted by Crippen LogP contribution is 2.65. The molecule has 242 valence electrons. The first kappa shape index (κ1) is 30.8. The van der Waals surface area contributed by atoms with E-state index in [0.717, 1.165) is 10.4 Å². The highest BCUT2D eigenvalue weighted by Gasteiger charge is 2.40. The number of hydrogen-bond acceptors (Lipinski definition) is 2. The zero-order valence-electron chi connectivity index (χ0n) is 28.2. The number of benzene rings is 8. The number of allylic oxidation sites excluding steroid dienone is 1. The second-order valence-electron chi connectivity index (χ2n) is 12.8. The van der Waals surface area contributed by atoms with Crippen molar-refractivity contribution < 1.29 is 0 Å². The number of nitrogens with zero attached hydrogens (tertiary/aromatic N) is 2. The lowest BCUT2D eigenvalue weighted by atomic mass is 9.85. The van der Waals surface area contributed by atoms with Crippen molar-refractivity contribution in [2.75, 3.05) is 9.34 Å². The fourth-order valence-corrected chi connectivity index (χ4v) is 10.1. The number of para-hydroxylation sites is 2. The Morgan fingerprint density at radius 3 is 1.43 bits per heavy atom. The van der Waals surface area contributed by atoms with Gasteiger partial charge in [0.25, 0.3) is 0 Å². The van der Waals surface area contributed by atoms with Crippen LogP contribution in [0.4, 0.5) is 22.7 Å². The number of anilines is 4. The summed E-state index contributed by atoms with van der Waals surface area (Å²) in [6.07, 6.45) is 3.87. The first-order valence-electron chi connectivity index (χ1n) is 17.3. The Kier molecular flexibility index (Phi) is 7.81. The smallest absolute Gasteiger partial charge is 0.138 e. The lowest BCUT2D eigenvalue weighted by molar-refractivity contribution is 1.44. The van der Waals surface area contributed by atoms with E-state index in [2.05, 4.69) is 198 Å². The molecular weight excluding hydrogens is 636 g/mol. The minimum Gasteiger partial charge on any atom is -0.297 e. The summed E-state index contributed by atoms with van der Waals surface area (Å²) in [6.45, 7) is 8.22. The molecule has 0 saturated heterocycles. The van der Waals surface area contributed by atoms with Crippen LogP contribution in [0.25, 0.3) is 56.5 Å². The first-order valence-corrected chi connectivity index (χ1v) is 18.5. The molecule has 1 aliphatic heterocycles. The molecule has 0 saturated carbocycles. The van der Waals surface area contributed by atoms with Crippen LogP contribution in [0.3, 0.4) is 0 Å². The lowest BCUT2D eigenvalue weighted by Crippen LogP contribution is -2.22. The summed E-state index contributed by atoms with van der Waals surface area (Å²) in [5, 5.41) is 8.28. The zero-order chi connectivity index (χ0) is 34.3. The molecule has 0 aliphatic carbocycles. The van der Waals surface area contributed by atoms with Crippen LogP contribution >= 0.6 is 8.22 Å². The fraction of sp³-hybridized carbons (Fsp3) is 0. The molecule has 1 atom stereocenters. The van der Waals surface area contributed by atoms with E-state index in [4.69, 9.17) is 0 Å². The van der Waals surface area contributed by atoms with Gasteiger partial charge in [-0.05, 0) is 96.7 Å². The predicted molar refractivity (Wildman–Crippen MR) is 222 cm³/mol. The maximum Gasteiger partial charge on any atom is 0.138 e. The first-order chi connectivity index (χ1) is 25.2. The third-order valence-electron chi connectivity index (χ3n) is 9.75. The number of rotatable bonds is 6. The van der Waals surface area contributed by atoms with Crippen molar-refractivity contribution in [3.63, 3.8) is 0 Å². The standard InChI is InChI=1S/C48H35N2P/c1-3-17-35-32-36(29-28-34(35)2)47-41-24-13-15-26-43(41)48(44-27-16-14-25-42(44)47)37-30-31-45-46(33-37)50(39-20-9-5-10-21-39)51(40-22-11-6-12-23-40)49(45)38-18-7-4-8-19-38/h3-33H,1-2H2/b35-17-. The van der Waals surface area contributed by atoms with Gasteiger partial charge < -0.3 is 0 Å². The van der Waals surface area contributed by atoms with Gasteiger partial charge in [-0.1, -0.05) is 159 Å². The molecule has 0 radical (unpaired) electrons. The largest absolute Gasteiger partial charge is 0.297 e. The molecule has 51 heavy (non-hydrogen) atoms. The molecule has 9 rings (SSSR count). The molecule has 0 fully saturated rings. The second kappa shape index (κ2) is 12.9. The molecule has 0 amide bonds. The van der Waals surface area contributed by atoms with Gasteiger partial charge in [0.2, 0.25) is 0 Å². The van der Waals surface area contributed by atoms with Crippen LogP contribution in [0.2, 0.25) is 0 Å². The van der Waals surface area contributed by atoms with Crippen LogP contribution < -0.4 is 25.1 Å². The fourth-order valence-electron chi connectivity index (χ4n) is 7.53. The maximum atomic E-state index is 4.27. The summed E-state index contributed by atoms with van der Waals surface area (Å²) in [5.74, 6) is 0. The van der Waals surface area contributed by atoms with E-state index in [1.165, 1.54) is 71.9 Å². The second-order valence-corrected chi connectivity index (χ2v) is 14.7. The normalized spacial score (nSPS) is 14.3. The molecule has 0 N–H and O–H groups in total. The van der Waals surface area contributed by atoms with Crippen LogP contribution in [0.15, 0.2) is 189 Å². The average molecular weight is 671 g/mol. The van der Waals surface area contributed by atoms with Gasteiger partial charge in [-0.15, -0.1) is 0 Å². The Hall–Kier alpha value is -6.21. The summed E-state index contributed by atoms with van der Waals surface area (Å²) in [6, 6.07) is 64.0. The van der Waals surface area contributed by atoms with Gasteiger partial charge in [0.1, 0.15) is 8.22 Å². The van der Waals surface area contributed by atoms with Gasteiger partial charge in [-0.2, -0.15) is 0 Å². The van der Waals surface area contributed by atoms with Crippen LogP contribution in [-0.4, -0.2) is 0 Å². The maximum absolute atomic E-state index is 4.27. The Bertz CT molecular complexity index is 2630. The van der Waals surface area contributed by atoms with Crippen LogP contribution in [0.5, 0.6) is 0 Å². The van der Waals surface area contributed by atoms with Crippen LogP contribution in [0.1, 0.15) is 0 Å². The van der Waals surface area contributed by atoms with Gasteiger partial charge in [0.05, 0.1) is 11.4 Å². The zero-order valence-corrected chi connectivity index (χ0v) is 29.0. The molecule has 1 aliphatic rings. The van der Waals surface area contributed by atoms with Gasteiger partial charge >= 0.3 is 0 Å². The Morgan fingerprint density at radius 1 is 0.451 bits per heavy atom. The third kappa shape index (κ3) is 5.24. The number of fused-ring (bicyclic) bond motifs is 3. The van der Waals surface area contributed by atoms with Gasteiger partial charge in [0.15, 0.2) is 0 Å². The lowest BCUT2D eigenvalue weighted by Gasteiger charge is -2.32. The summed E-state index contributed by atoms with van der Waals surface area (Å²) in [7, 11) is -0.990. The molecule has 0 spiro atoms. The molecule has 8 aromatic rings. The van der Waals surface area contributed by atoms with E-state index in [0.29, 0.717) is 0 Å². The molecule has 0 bridgehead atoms. The van der Waals surface area contributed by atoms with E-state index < -0.39 is 8.22 Å². The molecule has 0 aromatic heterocycles. The SMILES string of the molecule is C=C/C=c1/cc(-c2c3ccccc3c(-c3ccc4c(c3)N(c3ccccc3)P(c3ccccc3)N4c3ccccc3)c3ccccc23)ccc1=C. The predicted octanol–water partition coefficient (Wildman–Crippen LogP) is 11.6. The Morgan fingerprint density at radius 2 is 0.902 bits per heavy atom. The quantitative estimate of drug-likeness (QED) is 0.128. The van der Waals surface area contributed by atoms with Crippen LogP contribution in [-0.2, 0) is 0 Å². The van der Waals surface area contributed by atoms with Crippen molar-refractivity contribution >= 4 is 70.5 Å². The monoisotopic (exact) mass is 670 g/mol. The van der Waals surface area contributed by atoms with Gasteiger partial charge in [0, 0.05) is 16.7 Å². The van der Waals surface area contributed by atoms with E-state index >= 15 is 0 Å². The summed E-state index contributed by atoms with van der Waals surface area (Å²) < 4.78 is 5.10. The summed E-state index contributed by atoms with van der Waals surface area (Å²) in [4.78, 5) is 0. The Balaban J connectivity index is 1.33. The van der Waals surface area contributed by atoms with Crippen molar-refractivity contribution in [3.05, 3.63) is 199 Å². The molecule has 3 heteroatoms. The topological polar surface area (TPSA) is 6.48 Å². The van der Waals surface area contributed by atoms with E-state index in [9.17, 15) is 0 Å². The van der Waals surface area contributed by atoms with Crippen molar-refractivity contribution in [2.24, 2.45) is 0 Å². The van der Waals surface area contributed by atoms with Crippen LogP contribution in [0, 0.1) is 0 Å². The van der Waals surface area contributed by atoms with Crippen molar-refractivity contribution in [1.29, 1.82) is 0 Å². The van der Waals surface area contributed by atoms with Crippen molar-refractivity contribution in [1.82, 2.24) is 0 Å². The minimum atomic E-state index is -0.990. The van der Waals surface area contributed by atoms with E-state index in [-0.39, 0.29) is 0 Å². The molecular formula is C48H35N2P. The highest BCUT2D eigenvalue weighted by atomic mass is 31.1. The third-order valence-corrected chi connectivity index (χ3v) is 12.2. The van der Waals surface area contributed by atoms with Crippen molar-refractivity contribution in [3.8, 4) is 22.3 Å². The Labute approximate surface area is 300 Å². The minimum absolute atomic E-state index is 0.990. The molecule has 1 unspecified atom stereocenters. The van der Waals surface area contributed by atoms with E-state index in [1.807, 2.05) is 12.2 Å². The summed E-state index contributed by atoms with van der Waals surface area (Å²) in [5.41, 5.74) is 9.61. The van der Waals surface area contributed by atoms with E-state index in [1.54, 1.807) is 0 Å². The van der Waals surface area contributed by atoms with Gasteiger partial charge in [-0.3, -0.25) is 9.34 Å². The summed E-state index contributed by atoms with van der Waals surface area (Å²) >= 11 is 0. The molecule has 8 aromatic carbocycles.